The van der Waals surface area contributed by atoms with E-state index in [4.69, 9.17) is 11.6 Å². The highest BCUT2D eigenvalue weighted by molar-refractivity contribution is 7.99. The van der Waals surface area contributed by atoms with Crippen molar-refractivity contribution in [2.45, 2.75) is 17.7 Å². The van der Waals surface area contributed by atoms with Gasteiger partial charge in [0.2, 0.25) is 0 Å². The van der Waals surface area contributed by atoms with Crippen molar-refractivity contribution in [3.05, 3.63) is 78.4 Å². The Bertz CT molecular complexity index is 858. The second-order valence-corrected chi connectivity index (χ2v) is 7.54. The molecular formula is C23H21ClOS. The summed E-state index contributed by atoms with van der Waals surface area (Å²) >= 11 is 7.68. The van der Waals surface area contributed by atoms with Gasteiger partial charge in [-0.25, -0.2) is 0 Å². The highest BCUT2D eigenvalue weighted by atomic mass is 35.5. The third-order valence-corrected chi connectivity index (χ3v) is 5.67. The van der Waals surface area contributed by atoms with E-state index in [-0.39, 0.29) is 0 Å². The molecule has 0 saturated heterocycles. The Hall–Kier alpha value is -2.03. The molecule has 3 heteroatoms. The average Bonchev–Trinajstić information content (AvgIpc) is 2.72. The number of benzene rings is 3. The van der Waals surface area contributed by atoms with Gasteiger partial charge in [0.1, 0.15) is 6.29 Å². The number of carbonyl (C=O) groups excluding carboxylic acids is 1. The predicted octanol–water partition coefficient (Wildman–Crippen LogP) is 6.94. The molecule has 0 aromatic heterocycles. The maximum Gasteiger partial charge on any atom is 0.150 e. The van der Waals surface area contributed by atoms with Crippen LogP contribution < -0.4 is 0 Å². The summed E-state index contributed by atoms with van der Waals surface area (Å²) in [5.74, 6) is 1.79. The zero-order chi connectivity index (χ0) is 18.2. The molecule has 3 aromatic carbocycles. The van der Waals surface area contributed by atoms with Gasteiger partial charge >= 0.3 is 0 Å². The Morgan fingerprint density at radius 3 is 2.12 bits per heavy atom. The summed E-state index contributed by atoms with van der Waals surface area (Å²) in [4.78, 5) is 12.2. The highest BCUT2D eigenvalue weighted by Crippen LogP contribution is 2.37. The molecule has 0 aliphatic rings. The summed E-state index contributed by atoms with van der Waals surface area (Å²) in [6.45, 7) is 0. The quantitative estimate of drug-likeness (QED) is 0.182. The summed E-state index contributed by atoms with van der Waals surface area (Å²) < 4.78 is 0. The van der Waals surface area contributed by atoms with Crippen LogP contribution in [-0.2, 0) is 0 Å². The minimum absolute atomic E-state index is 0.696. The first-order valence-corrected chi connectivity index (χ1v) is 10.3. The van der Waals surface area contributed by atoms with Crippen molar-refractivity contribution in [1.29, 1.82) is 0 Å². The summed E-state index contributed by atoms with van der Waals surface area (Å²) in [6.07, 6.45) is 3.05. The fourth-order valence-electron chi connectivity index (χ4n) is 2.90. The minimum Gasteiger partial charge on any atom is -0.298 e. The minimum atomic E-state index is 0.696. The first kappa shape index (κ1) is 18.8. The van der Waals surface area contributed by atoms with Gasteiger partial charge < -0.3 is 0 Å². The fraction of sp³-hybridized carbons (Fsp3) is 0.174. The van der Waals surface area contributed by atoms with Crippen LogP contribution in [0.1, 0.15) is 23.2 Å². The number of hydrogen-bond donors (Lipinski definition) is 0. The molecule has 1 nitrogen and oxygen atoms in total. The van der Waals surface area contributed by atoms with Crippen LogP contribution in [-0.4, -0.2) is 17.9 Å². The van der Waals surface area contributed by atoms with E-state index in [1.807, 2.05) is 36.0 Å². The summed E-state index contributed by atoms with van der Waals surface area (Å²) in [7, 11) is 0. The second kappa shape index (κ2) is 9.61. The molecule has 0 N–H and O–H groups in total. The van der Waals surface area contributed by atoms with Crippen LogP contribution in [0.2, 0.25) is 0 Å². The van der Waals surface area contributed by atoms with Gasteiger partial charge in [0.15, 0.2) is 0 Å². The van der Waals surface area contributed by atoms with E-state index in [2.05, 4.69) is 48.5 Å². The average molecular weight is 381 g/mol. The van der Waals surface area contributed by atoms with Crippen molar-refractivity contribution in [1.82, 2.24) is 0 Å². The maximum absolute atomic E-state index is 10.9. The van der Waals surface area contributed by atoms with Gasteiger partial charge in [0.25, 0.3) is 0 Å². The zero-order valence-corrected chi connectivity index (χ0v) is 16.1. The Labute approximate surface area is 164 Å². The monoisotopic (exact) mass is 380 g/mol. The SMILES string of the molecule is O=Cc1ccc(-c2ccccc2-c2ccccc2SCCCCCl)cc1. The van der Waals surface area contributed by atoms with Gasteiger partial charge in [-0.2, -0.15) is 0 Å². The molecule has 0 aliphatic carbocycles. The van der Waals surface area contributed by atoms with E-state index in [1.54, 1.807) is 0 Å². The topological polar surface area (TPSA) is 17.1 Å². The molecule has 3 aromatic rings. The van der Waals surface area contributed by atoms with E-state index in [0.717, 1.165) is 36.3 Å². The zero-order valence-electron chi connectivity index (χ0n) is 14.5. The number of unbranched alkanes of at least 4 members (excludes halogenated alkanes) is 1. The number of thioether (sulfide) groups is 1. The lowest BCUT2D eigenvalue weighted by atomic mass is 9.94. The predicted molar refractivity (Wildman–Crippen MR) is 113 cm³/mol. The Balaban J connectivity index is 1.96. The van der Waals surface area contributed by atoms with Gasteiger partial charge in [-0.1, -0.05) is 66.7 Å². The van der Waals surface area contributed by atoms with Crippen molar-refractivity contribution in [3.63, 3.8) is 0 Å². The molecule has 0 radical (unpaired) electrons. The number of hydrogen-bond acceptors (Lipinski definition) is 2. The van der Waals surface area contributed by atoms with Crippen molar-refractivity contribution in [3.8, 4) is 22.3 Å². The first-order valence-electron chi connectivity index (χ1n) is 8.76. The first-order chi connectivity index (χ1) is 12.8. The van der Waals surface area contributed by atoms with Crippen LogP contribution in [0.3, 0.4) is 0 Å². The van der Waals surface area contributed by atoms with Gasteiger partial charge in [-0.05, 0) is 46.9 Å². The van der Waals surface area contributed by atoms with E-state index >= 15 is 0 Å². The molecule has 0 bridgehead atoms. The van der Waals surface area contributed by atoms with Gasteiger partial charge in [0.05, 0.1) is 0 Å². The molecule has 0 atom stereocenters. The number of rotatable bonds is 8. The number of carbonyl (C=O) groups is 1. The summed E-state index contributed by atoms with van der Waals surface area (Å²) in [5, 5.41) is 0. The number of aldehydes is 1. The Kier molecular flexibility index (Phi) is 6.93. The van der Waals surface area contributed by atoms with Crippen molar-refractivity contribution >= 4 is 29.6 Å². The van der Waals surface area contributed by atoms with Gasteiger partial charge in [-0.3, -0.25) is 4.79 Å². The Morgan fingerprint density at radius 2 is 1.42 bits per heavy atom. The largest absolute Gasteiger partial charge is 0.298 e. The lowest BCUT2D eigenvalue weighted by Crippen LogP contribution is -1.89. The number of alkyl halides is 1. The molecule has 0 aliphatic heterocycles. The molecule has 0 fully saturated rings. The van der Waals surface area contributed by atoms with Crippen LogP contribution in [0, 0.1) is 0 Å². The summed E-state index contributed by atoms with van der Waals surface area (Å²) in [5.41, 5.74) is 5.46. The lowest BCUT2D eigenvalue weighted by Gasteiger charge is -2.14. The Morgan fingerprint density at radius 1 is 0.769 bits per heavy atom. The molecule has 0 saturated carbocycles. The van der Waals surface area contributed by atoms with Gasteiger partial charge in [0, 0.05) is 16.3 Å². The third-order valence-electron chi connectivity index (χ3n) is 4.25. The van der Waals surface area contributed by atoms with Crippen LogP contribution in [0.25, 0.3) is 22.3 Å². The molecular weight excluding hydrogens is 360 g/mol. The molecule has 0 amide bonds. The standard InChI is InChI=1S/C23H21ClOS/c24-15-5-6-16-26-23-10-4-3-9-22(23)21-8-2-1-7-20(21)19-13-11-18(17-25)12-14-19/h1-4,7-14,17H,5-6,15-16H2. The second-order valence-electron chi connectivity index (χ2n) is 6.03. The van der Waals surface area contributed by atoms with Crippen molar-refractivity contribution < 1.29 is 4.79 Å². The van der Waals surface area contributed by atoms with E-state index in [0.29, 0.717) is 5.56 Å². The molecule has 0 spiro atoms. The lowest BCUT2D eigenvalue weighted by molar-refractivity contribution is 0.112. The molecule has 3 rings (SSSR count). The molecule has 0 heterocycles. The smallest absolute Gasteiger partial charge is 0.150 e. The van der Waals surface area contributed by atoms with E-state index < -0.39 is 0 Å². The number of halogens is 1. The van der Waals surface area contributed by atoms with Crippen LogP contribution >= 0.6 is 23.4 Å². The highest BCUT2D eigenvalue weighted by Gasteiger charge is 2.11. The van der Waals surface area contributed by atoms with Crippen LogP contribution in [0.15, 0.2) is 77.7 Å². The molecule has 0 unspecified atom stereocenters. The third kappa shape index (κ3) is 4.57. The van der Waals surface area contributed by atoms with Crippen LogP contribution in [0.5, 0.6) is 0 Å². The van der Waals surface area contributed by atoms with Crippen molar-refractivity contribution in [2.75, 3.05) is 11.6 Å². The van der Waals surface area contributed by atoms with Crippen LogP contribution in [0.4, 0.5) is 0 Å². The normalized spacial score (nSPS) is 10.7. The van der Waals surface area contributed by atoms with E-state index in [9.17, 15) is 4.79 Å². The maximum atomic E-state index is 10.9. The molecule has 132 valence electrons. The molecule has 26 heavy (non-hydrogen) atoms. The van der Waals surface area contributed by atoms with E-state index in [1.165, 1.54) is 21.6 Å². The fourth-order valence-corrected chi connectivity index (χ4v) is 4.17. The summed E-state index contributed by atoms with van der Waals surface area (Å²) in [6, 6.07) is 24.8. The van der Waals surface area contributed by atoms with Crippen molar-refractivity contribution in [2.24, 2.45) is 0 Å². The van der Waals surface area contributed by atoms with Gasteiger partial charge in [-0.15, -0.1) is 23.4 Å².